The van der Waals surface area contributed by atoms with Crippen molar-refractivity contribution in [3.63, 3.8) is 0 Å². The lowest BCUT2D eigenvalue weighted by atomic mass is 10.1. The van der Waals surface area contributed by atoms with Crippen molar-refractivity contribution in [3.8, 4) is 28.1 Å². The van der Waals surface area contributed by atoms with Crippen molar-refractivity contribution >= 4 is 51.7 Å². The van der Waals surface area contributed by atoms with Crippen molar-refractivity contribution in [1.29, 1.82) is 0 Å². The van der Waals surface area contributed by atoms with E-state index in [1.165, 1.54) is 39.2 Å². The maximum atomic E-state index is 14.3. The average molecular weight is 770 g/mol. The van der Waals surface area contributed by atoms with Crippen LogP contribution in [-0.4, -0.2) is 71.2 Å². The van der Waals surface area contributed by atoms with E-state index in [9.17, 15) is 31.1 Å². The van der Waals surface area contributed by atoms with Gasteiger partial charge in [0.2, 0.25) is 11.3 Å². The van der Waals surface area contributed by atoms with Crippen LogP contribution in [0.2, 0.25) is 10.0 Å². The van der Waals surface area contributed by atoms with Crippen molar-refractivity contribution in [1.82, 2.24) is 29.6 Å². The SMILES string of the molecule is O=C(NN1CCCCC1)c1nn(-c2ccc(Cl)cc2Cl)c(-c2ccc(C#Cc3ccc(C(F)(F)F)cc3)s2)c1CN(N1CC[C@H](F)C1)S(=O)O. The lowest BCUT2D eigenvalue weighted by molar-refractivity contribution is -0.137. The van der Waals surface area contributed by atoms with Crippen LogP contribution >= 0.6 is 34.5 Å². The number of rotatable bonds is 8. The van der Waals surface area contributed by atoms with Crippen LogP contribution in [0.25, 0.3) is 16.3 Å². The van der Waals surface area contributed by atoms with Gasteiger partial charge in [0.15, 0.2) is 5.69 Å². The van der Waals surface area contributed by atoms with Gasteiger partial charge in [-0.05, 0) is 73.9 Å². The number of benzene rings is 2. The third-order valence-electron chi connectivity index (χ3n) is 8.23. The number of aromatic nitrogens is 2. The molecule has 2 aromatic carbocycles. The topological polar surface area (TPSA) is 93.9 Å². The lowest BCUT2D eigenvalue weighted by Crippen LogP contribution is -2.46. The van der Waals surface area contributed by atoms with Gasteiger partial charge >= 0.3 is 6.18 Å². The van der Waals surface area contributed by atoms with Crippen LogP contribution in [0.1, 0.15) is 57.7 Å². The Bertz CT molecular complexity index is 1950. The lowest BCUT2D eigenvalue weighted by Gasteiger charge is -2.28. The smallest absolute Gasteiger partial charge is 0.293 e. The summed E-state index contributed by atoms with van der Waals surface area (Å²) in [6.07, 6.45) is -2.65. The number of amides is 1. The van der Waals surface area contributed by atoms with Crippen molar-refractivity contribution in [2.24, 2.45) is 0 Å². The first-order chi connectivity index (χ1) is 23.9. The number of hydrazine groups is 2. The van der Waals surface area contributed by atoms with Gasteiger partial charge in [-0.1, -0.05) is 41.5 Å². The number of carbonyl (C=O) groups is 1. The number of piperidine rings is 1. The van der Waals surface area contributed by atoms with Gasteiger partial charge in [-0.2, -0.15) is 18.3 Å². The Balaban J connectivity index is 1.46. The molecule has 0 saturated carbocycles. The fourth-order valence-electron chi connectivity index (χ4n) is 5.77. The van der Waals surface area contributed by atoms with Crippen LogP contribution in [0, 0.1) is 11.8 Å². The molecule has 1 unspecified atom stereocenters. The molecule has 6 rings (SSSR count). The van der Waals surface area contributed by atoms with Crippen molar-refractivity contribution in [2.75, 3.05) is 26.2 Å². The van der Waals surface area contributed by atoms with Gasteiger partial charge in [0.25, 0.3) is 5.91 Å². The molecule has 17 heteroatoms. The summed E-state index contributed by atoms with van der Waals surface area (Å²) in [4.78, 5) is 15.1. The molecule has 0 aliphatic carbocycles. The average Bonchev–Trinajstić information content (AvgIpc) is 3.81. The second-order valence-corrected chi connectivity index (χ2v) is 14.5. The summed E-state index contributed by atoms with van der Waals surface area (Å²) in [5.41, 5.74) is 3.51. The highest BCUT2D eigenvalue weighted by Gasteiger charge is 2.35. The molecule has 0 bridgehead atoms. The zero-order valence-electron chi connectivity index (χ0n) is 26.2. The van der Waals surface area contributed by atoms with Crippen molar-refractivity contribution in [3.05, 3.63) is 91.9 Å². The zero-order valence-corrected chi connectivity index (χ0v) is 29.4. The molecule has 2 aliphatic heterocycles. The number of hydrogen-bond donors (Lipinski definition) is 2. The monoisotopic (exact) mass is 768 g/mol. The van der Waals surface area contributed by atoms with Gasteiger partial charge in [-0.3, -0.25) is 14.8 Å². The fourth-order valence-corrected chi connectivity index (χ4v) is 7.76. The minimum absolute atomic E-state index is 0.0335. The first-order valence-corrected chi connectivity index (χ1v) is 18.2. The minimum Gasteiger partial charge on any atom is -0.293 e. The van der Waals surface area contributed by atoms with Gasteiger partial charge in [0, 0.05) is 42.3 Å². The third kappa shape index (κ3) is 8.41. The zero-order chi connectivity index (χ0) is 35.6. The first kappa shape index (κ1) is 36.5. The van der Waals surface area contributed by atoms with Crippen LogP contribution in [0.15, 0.2) is 54.6 Å². The van der Waals surface area contributed by atoms with Gasteiger partial charge in [0.05, 0.1) is 38.3 Å². The normalized spacial score (nSPS) is 17.9. The maximum Gasteiger partial charge on any atom is 0.416 e. The standard InChI is InChI=1S/C33H30Cl2F4N6O3S2/c34-23-9-12-28(27(35)18-23)45-31(29-13-11-25(49-29)10-6-21-4-7-22(8-5-21)33(37,38)39)26(20-44(50(47)48)43-17-14-24(36)19-43)30(40-45)32(46)41-42-15-2-1-3-16-42/h4-5,7-9,11-13,18,24H,1-3,14-17,19-20H2,(H,41,46)(H,47,48)/t24-/m0/s1. The maximum absolute atomic E-state index is 14.3. The predicted octanol–water partition coefficient (Wildman–Crippen LogP) is 7.35. The molecule has 2 saturated heterocycles. The van der Waals surface area contributed by atoms with E-state index < -0.39 is 35.1 Å². The summed E-state index contributed by atoms with van der Waals surface area (Å²) in [5, 5.41) is 8.56. The van der Waals surface area contributed by atoms with Crippen molar-refractivity contribution < 1.29 is 31.1 Å². The molecule has 1 amide bonds. The number of halogens is 6. The highest BCUT2D eigenvalue weighted by Crippen LogP contribution is 2.38. The van der Waals surface area contributed by atoms with Gasteiger partial charge in [0.1, 0.15) is 6.17 Å². The van der Waals surface area contributed by atoms with Crippen LogP contribution < -0.4 is 5.43 Å². The summed E-state index contributed by atoms with van der Waals surface area (Å²) < 4.78 is 79.1. The van der Waals surface area contributed by atoms with E-state index in [-0.39, 0.29) is 42.3 Å². The van der Waals surface area contributed by atoms with Crippen molar-refractivity contribution in [2.45, 2.75) is 44.6 Å². The summed E-state index contributed by atoms with van der Waals surface area (Å²) in [5.74, 6) is 5.32. The summed E-state index contributed by atoms with van der Waals surface area (Å²) in [6.45, 7) is 1.09. The molecule has 264 valence electrons. The number of nitrogens with one attached hydrogen (secondary N) is 1. The summed E-state index contributed by atoms with van der Waals surface area (Å²) >= 11 is 11.5. The van der Waals surface area contributed by atoms with E-state index in [1.807, 2.05) is 0 Å². The largest absolute Gasteiger partial charge is 0.416 e. The van der Waals surface area contributed by atoms with Gasteiger partial charge in [-0.25, -0.2) is 23.3 Å². The van der Waals surface area contributed by atoms with E-state index >= 15 is 0 Å². The van der Waals surface area contributed by atoms with E-state index in [4.69, 9.17) is 28.3 Å². The molecule has 0 spiro atoms. The molecule has 2 N–H and O–H groups in total. The number of carbonyl (C=O) groups excluding carboxylic acids is 1. The van der Waals surface area contributed by atoms with Gasteiger partial charge < -0.3 is 0 Å². The quantitative estimate of drug-likeness (QED) is 0.111. The number of thiophene rings is 1. The Morgan fingerprint density at radius 2 is 1.80 bits per heavy atom. The van der Waals surface area contributed by atoms with E-state index in [0.29, 0.717) is 44.8 Å². The fraction of sp³-hybridized carbons (Fsp3) is 0.333. The van der Waals surface area contributed by atoms with Crippen LogP contribution in [0.4, 0.5) is 17.6 Å². The van der Waals surface area contributed by atoms with Crippen LogP contribution in [-0.2, 0) is 24.0 Å². The molecular weight excluding hydrogens is 739 g/mol. The number of alkyl halides is 4. The summed E-state index contributed by atoms with van der Waals surface area (Å²) in [7, 11) is 0. The third-order valence-corrected chi connectivity index (χ3v) is 10.5. The second kappa shape index (κ2) is 15.5. The van der Waals surface area contributed by atoms with Crippen LogP contribution in [0.5, 0.6) is 0 Å². The highest BCUT2D eigenvalue weighted by molar-refractivity contribution is 7.76. The number of nitrogens with zero attached hydrogens (tertiary/aromatic N) is 5. The molecule has 2 aromatic heterocycles. The Morgan fingerprint density at radius 1 is 1.06 bits per heavy atom. The molecule has 2 fully saturated rings. The number of hydrogen-bond acceptors (Lipinski definition) is 6. The first-order valence-electron chi connectivity index (χ1n) is 15.6. The second-order valence-electron chi connectivity index (χ2n) is 11.7. The molecule has 50 heavy (non-hydrogen) atoms. The summed E-state index contributed by atoms with van der Waals surface area (Å²) in [6, 6.07) is 12.7. The Morgan fingerprint density at radius 3 is 2.44 bits per heavy atom. The van der Waals surface area contributed by atoms with Gasteiger partial charge in [-0.15, -0.1) is 15.8 Å². The Kier molecular flexibility index (Phi) is 11.3. The molecule has 4 heterocycles. The molecule has 9 nitrogen and oxygen atoms in total. The molecule has 2 atom stereocenters. The molecular formula is C33H30Cl2F4N6O3S2. The highest BCUT2D eigenvalue weighted by atomic mass is 35.5. The minimum atomic E-state index is -4.47. The molecule has 4 aromatic rings. The van der Waals surface area contributed by atoms with E-state index in [2.05, 4.69) is 17.3 Å². The molecule has 0 radical (unpaired) electrons. The van der Waals surface area contributed by atoms with Crippen LogP contribution in [0.3, 0.4) is 0 Å². The molecule has 2 aliphatic rings. The Labute approximate surface area is 302 Å². The Hall–Kier alpha value is -3.33. The van der Waals surface area contributed by atoms with E-state index in [0.717, 1.165) is 35.8 Å². The van der Waals surface area contributed by atoms with E-state index in [1.54, 1.807) is 29.3 Å². The predicted molar refractivity (Wildman–Crippen MR) is 185 cm³/mol.